The van der Waals surface area contributed by atoms with Crippen LogP contribution in [0.15, 0.2) is 53.5 Å². The zero-order valence-corrected chi connectivity index (χ0v) is 17.8. The number of ether oxygens (including phenoxy) is 1. The number of benzene rings is 2. The molecule has 0 amide bonds. The van der Waals surface area contributed by atoms with Crippen LogP contribution in [-0.2, 0) is 0 Å². The Balaban J connectivity index is 1.48. The van der Waals surface area contributed by atoms with Gasteiger partial charge in [-0.05, 0) is 37.1 Å². The van der Waals surface area contributed by atoms with Gasteiger partial charge in [0, 0.05) is 37.9 Å². The van der Waals surface area contributed by atoms with Gasteiger partial charge in [0.15, 0.2) is 5.96 Å². The van der Waals surface area contributed by atoms with Crippen LogP contribution in [0.1, 0.15) is 32.1 Å². The maximum atomic E-state index is 10.2. The maximum absolute atomic E-state index is 10.2. The van der Waals surface area contributed by atoms with Crippen LogP contribution in [0.25, 0.3) is 0 Å². The molecule has 160 valence electrons. The van der Waals surface area contributed by atoms with Crippen molar-refractivity contribution in [2.75, 3.05) is 43.5 Å². The lowest BCUT2D eigenvalue weighted by molar-refractivity contribution is 0.374. The predicted octanol–water partition coefficient (Wildman–Crippen LogP) is 4.32. The minimum Gasteiger partial charge on any atom is -0.506 e. The monoisotopic (exact) mass is 408 g/mol. The van der Waals surface area contributed by atoms with Gasteiger partial charge in [0.2, 0.25) is 0 Å². The Morgan fingerprint density at radius 3 is 2.50 bits per heavy atom. The molecule has 1 saturated carbocycles. The summed E-state index contributed by atoms with van der Waals surface area (Å²) in [4.78, 5) is 9.81. The van der Waals surface area contributed by atoms with E-state index in [9.17, 15) is 5.11 Å². The average molecular weight is 409 g/mol. The Morgan fingerprint density at radius 2 is 1.77 bits per heavy atom. The Bertz CT molecular complexity index is 856. The SMILES string of the molecule is COc1cccc(N2CCN(C(=NC3CCCCC3)Nc3ccccc3O)CC2)c1. The average Bonchev–Trinajstić information content (AvgIpc) is 2.81. The first-order chi connectivity index (χ1) is 14.7. The van der Waals surface area contributed by atoms with Crippen LogP contribution in [-0.4, -0.2) is 55.3 Å². The number of aromatic hydroxyl groups is 1. The molecule has 2 fully saturated rings. The van der Waals surface area contributed by atoms with E-state index in [-0.39, 0.29) is 5.75 Å². The fraction of sp³-hybridized carbons (Fsp3) is 0.458. The minimum absolute atomic E-state index is 0.254. The van der Waals surface area contributed by atoms with Crippen molar-refractivity contribution in [3.05, 3.63) is 48.5 Å². The fourth-order valence-corrected chi connectivity index (χ4v) is 4.26. The lowest BCUT2D eigenvalue weighted by atomic mass is 9.96. The number of hydrogen-bond acceptors (Lipinski definition) is 4. The van der Waals surface area contributed by atoms with Crippen molar-refractivity contribution in [3.63, 3.8) is 0 Å². The largest absolute Gasteiger partial charge is 0.506 e. The van der Waals surface area contributed by atoms with E-state index in [2.05, 4.69) is 27.2 Å². The van der Waals surface area contributed by atoms with Gasteiger partial charge in [-0.15, -0.1) is 0 Å². The summed E-state index contributed by atoms with van der Waals surface area (Å²) in [7, 11) is 1.70. The number of rotatable bonds is 4. The summed E-state index contributed by atoms with van der Waals surface area (Å²) >= 11 is 0. The summed E-state index contributed by atoms with van der Waals surface area (Å²) in [5, 5.41) is 13.7. The molecule has 1 aliphatic heterocycles. The van der Waals surface area contributed by atoms with Gasteiger partial charge in [-0.25, -0.2) is 4.99 Å². The van der Waals surface area contributed by atoms with Crippen LogP contribution < -0.4 is 15.0 Å². The number of phenolic OH excluding ortho intramolecular Hbond substituents is 1. The van der Waals surface area contributed by atoms with Gasteiger partial charge < -0.3 is 25.0 Å². The van der Waals surface area contributed by atoms with Gasteiger partial charge in [-0.1, -0.05) is 37.5 Å². The molecule has 1 saturated heterocycles. The lowest BCUT2D eigenvalue weighted by Gasteiger charge is -2.38. The summed E-state index contributed by atoms with van der Waals surface area (Å²) < 4.78 is 5.38. The van der Waals surface area contributed by atoms with Crippen LogP contribution in [0.3, 0.4) is 0 Å². The second-order valence-electron chi connectivity index (χ2n) is 8.06. The van der Waals surface area contributed by atoms with Gasteiger partial charge in [0.25, 0.3) is 0 Å². The second kappa shape index (κ2) is 9.74. The Morgan fingerprint density at radius 1 is 1.00 bits per heavy atom. The molecule has 0 bridgehead atoms. The molecule has 1 heterocycles. The van der Waals surface area contributed by atoms with Gasteiger partial charge in [-0.3, -0.25) is 0 Å². The van der Waals surface area contributed by atoms with E-state index in [1.807, 2.05) is 30.3 Å². The molecule has 1 aliphatic carbocycles. The van der Waals surface area contributed by atoms with E-state index in [0.29, 0.717) is 11.7 Å². The Kier molecular flexibility index (Phi) is 6.62. The summed E-state index contributed by atoms with van der Waals surface area (Å²) in [6.07, 6.45) is 6.11. The Labute approximate surface area is 179 Å². The molecule has 6 nitrogen and oxygen atoms in total. The van der Waals surface area contributed by atoms with Crippen molar-refractivity contribution in [3.8, 4) is 11.5 Å². The van der Waals surface area contributed by atoms with E-state index >= 15 is 0 Å². The number of methoxy groups -OCH3 is 1. The van der Waals surface area contributed by atoms with Gasteiger partial charge >= 0.3 is 0 Å². The molecule has 0 aromatic heterocycles. The molecule has 2 aromatic rings. The predicted molar refractivity (Wildman–Crippen MR) is 123 cm³/mol. The summed E-state index contributed by atoms with van der Waals surface area (Å²) in [5.74, 6) is 2.02. The summed E-state index contributed by atoms with van der Waals surface area (Å²) in [6.45, 7) is 3.59. The fourth-order valence-electron chi connectivity index (χ4n) is 4.26. The number of aliphatic imine (C=N–C) groups is 1. The molecular weight excluding hydrogens is 376 g/mol. The van der Waals surface area contributed by atoms with Crippen LogP contribution in [0.4, 0.5) is 11.4 Å². The highest BCUT2D eigenvalue weighted by Crippen LogP contribution is 2.26. The molecular formula is C24H32N4O2. The number of anilines is 2. The number of para-hydroxylation sites is 2. The van der Waals surface area contributed by atoms with Crippen LogP contribution in [0.5, 0.6) is 11.5 Å². The van der Waals surface area contributed by atoms with Crippen LogP contribution >= 0.6 is 0 Å². The molecule has 0 atom stereocenters. The van der Waals surface area contributed by atoms with E-state index in [4.69, 9.17) is 9.73 Å². The van der Waals surface area contributed by atoms with Crippen molar-refractivity contribution >= 4 is 17.3 Å². The zero-order chi connectivity index (χ0) is 20.8. The quantitative estimate of drug-likeness (QED) is 0.448. The maximum Gasteiger partial charge on any atom is 0.198 e. The number of piperazine rings is 1. The normalized spacial score (nSPS) is 18.4. The van der Waals surface area contributed by atoms with E-state index in [1.165, 1.54) is 24.9 Å². The highest BCUT2D eigenvalue weighted by atomic mass is 16.5. The third-order valence-corrected chi connectivity index (χ3v) is 6.03. The number of hydrogen-bond donors (Lipinski definition) is 2. The molecule has 0 radical (unpaired) electrons. The zero-order valence-electron chi connectivity index (χ0n) is 17.8. The topological polar surface area (TPSA) is 60.3 Å². The number of guanidine groups is 1. The number of nitrogens with one attached hydrogen (secondary N) is 1. The molecule has 2 N–H and O–H groups in total. The number of phenols is 1. The van der Waals surface area contributed by atoms with Crippen LogP contribution in [0.2, 0.25) is 0 Å². The van der Waals surface area contributed by atoms with Gasteiger partial charge in [-0.2, -0.15) is 0 Å². The lowest BCUT2D eigenvalue weighted by Crippen LogP contribution is -2.51. The third-order valence-electron chi connectivity index (χ3n) is 6.03. The molecule has 0 spiro atoms. The first-order valence-electron chi connectivity index (χ1n) is 11.0. The smallest absolute Gasteiger partial charge is 0.198 e. The summed E-state index contributed by atoms with van der Waals surface area (Å²) in [6, 6.07) is 16.0. The molecule has 6 heteroatoms. The van der Waals surface area contributed by atoms with E-state index in [0.717, 1.165) is 50.7 Å². The first kappa shape index (κ1) is 20.4. The van der Waals surface area contributed by atoms with Crippen molar-refractivity contribution in [2.45, 2.75) is 38.1 Å². The summed E-state index contributed by atoms with van der Waals surface area (Å²) in [5.41, 5.74) is 1.90. The Hall–Kier alpha value is -2.89. The third kappa shape index (κ3) is 4.99. The first-order valence-corrected chi connectivity index (χ1v) is 11.0. The molecule has 2 aliphatic rings. The van der Waals surface area contributed by atoms with Crippen molar-refractivity contribution in [2.24, 2.45) is 4.99 Å². The second-order valence-corrected chi connectivity index (χ2v) is 8.06. The van der Waals surface area contributed by atoms with Crippen LogP contribution in [0, 0.1) is 0 Å². The highest BCUT2D eigenvalue weighted by Gasteiger charge is 2.23. The van der Waals surface area contributed by atoms with Crippen molar-refractivity contribution in [1.29, 1.82) is 0 Å². The molecule has 0 unspecified atom stereocenters. The minimum atomic E-state index is 0.254. The van der Waals surface area contributed by atoms with E-state index in [1.54, 1.807) is 13.2 Å². The van der Waals surface area contributed by atoms with Gasteiger partial charge in [0.05, 0.1) is 18.8 Å². The van der Waals surface area contributed by atoms with Crippen molar-refractivity contribution < 1.29 is 9.84 Å². The standard InChI is InChI=1S/C24H32N4O2/c1-30-21-11-7-10-20(18-21)27-14-16-28(17-15-27)24(25-19-8-3-2-4-9-19)26-22-12-5-6-13-23(22)29/h5-7,10-13,18-19,29H,2-4,8-9,14-17H2,1H3,(H,25,26). The number of nitrogens with zero attached hydrogens (tertiary/aromatic N) is 3. The van der Waals surface area contributed by atoms with Gasteiger partial charge in [0.1, 0.15) is 11.5 Å². The highest BCUT2D eigenvalue weighted by molar-refractivity contribution is 5.95. The van der Waals surface area contributed by atoms with Crippen molar-refractivity contribution in [1.82, 2.24) is 4.90 Å². The molecule has 2 aromatic carbocycles. The van der Waals surface area contributed by atoms with E-state index < -0.39 is 0 Å². The molecule has 4 rings (SSSR count). The molecule has 30 heavy (non-hydrogen) atoms.